The number of carbonyl (C=O) groups is 2. The van der Waals surface area contributed by atoms with Crippen molar-refractivity contribution >= 4 is 11.8 Å². The Morgan fingerprint density at radius 1 is 1.10 bits per heavy atom. The summed E-state index contributed by atoms with van der Waals surface area (Å²) in [5.41, 5.74) is 3.32. The normalized spacial score (nSPS) is 15.7. The summed E-state index contributed by atoms with van der Waals surface area (Å²) in [5.74, 6) is 0.990. The van der Waals surface area contributed by atoms with Gasteiger partial charge in [0.05, 0.1) is 6.54 Å². The quantitative estimate of drug-likeness (QED) is 0.732. The van der Waals surface area contributed by atoms with Crippen LogP contribution in [0.2, 0.25) is 0 Å². The number of ether oxygens (including phenoxy) is 1. The second-order valence-electron chi connectivity index (χ2n) is 8.01. The van der Waals surface area contributed by atoms with Gasteiger partial charge in [-0.25, -0.2) is 0 Å². The number of aryl methyl sites for hydroxylation is 1. The molecule has 5 heteroatoms. The Morgan fingerprint density at radius 3 is 2.52 bits per heavy atom. The maximum Gasteiger partial charge on any atom is 0.243 e. The van der Waals surface area contributed by atoms with Crippen LogP contribution in [-0.2, 0) is 22.6 Å². The van der Waals surface area contributed by atoms with Crippen LogP contribution in [-0.4, -0.2) is 35.9 Å². The van der Waals surface area contributed by atoms with Crippen molar-refractivity contribution in [2.45, 2.75) is 46.2 Å². The fraction of sp³-hybridized carbons (Fsp3) is 0.417. The Bertz CT molecular complexity index is 863. The van der Waals surface area contributed by atoms with Crippen LogP contribution < -0.4 is 10.1 Å². The number of fused-ring (bicyclic) bond motifs is 1. The zero-order chi connectivity index (χ0) is 20.8. The van der Waals surface area contributed by atoms with Crippen LogP contribution >= 0.6 is 0 Å². The zero-order valence-electron chi connectivity index (χ0n) is 17.5. The molecular weight excluding hydrogens is 364 g/mol. The van der Waals surface area contributed by atoms with E-state index < -0.39 is 6.04 Å². The molecule has 1 aliphatic rings. The zero-order valence-corrected chi connectivity index (χ0v) is 17.5. The second-order valence-corrected chi connectivity index (χ2v) is 8.01. The van der Waals surface area contributed by atoms with Gasteiger partial charge in [-0.2, -0.15) is 0 Å². The summed E-state index contributed by atoms with van der Waals surface area (Å²) in [4.78, 5) is 27.5. The van der Waals surface area contributed by atoms with E-state index in [1.54, 1.807) is 4.90 Å². The van der Waals surface area contributed by atoms with Crippen molar-refractivity contribution in [1.82, 2.24) is 10.2 Å². The first-order valence-electron chi connectivity index (χ1n) is 10.3. The molecule has 1 aliphatic heterocycles. The van der Waals surface area contributed by atoms with Crippen molar-refractivity contribution in [1.29, 1.82) is 0 Å². The van der Waals surface area contributed by atoms with Crippen molar-refractivity contribution < 1.29 is 14.3 Å². The molecule has 0 aromatic heterocycles. The summed E-state index contributed by atoms with van der Waals surface area (Å²) < 4.78 is 5.76. The standard InChI is InChI=1S/C24H30N2O3/c1-17(2)14-23(27)26-16-20-10-6-5-9-19(20)15-21(26)24(28)25-12-13-29-22-11-7-4-8-18(22)3/h4-11,17,21H,12-16H2,1-3H3,(H,25,28). The van der Waals surface area contributed by atoms with Gasteiger partial charge in [-0.05, 0) is 35.6 Å². The van der Waals surface area contributed by atoms with Gasteiger partial charge in [-0.3, -0.25) is 9.59 Å². The Balaban J connectivity index is 1.62. The highest BCUT2D eigenvalue weighted by Gasteiger charge is 2.34. The van der Waals surface area contributed by atoms with Crippen molar-refractivity contribution in [3.63, 3.8) is 0 Å². The number of hydrogen-bond acceptors (Lipinski definition) is 3. The maximum absolute atomic E-state index is 12.9. The van der Waals surface area contributed by atoms with Crippen molar-refractivity contribution in [2.75, 3.05) is 13.2 Å². The maximum atomic E-state index is 12.9. The highest BCUT2D eigenvalue weighted by atomic mass is 16.5. The predicted molar refractivity (Wildman–Crippen MR) is 114 cm³/mol. The first kappa shape index (κ1) is 20.9. The number of nitrogens with zero attached hydrogens (tertiary/aromatic N) is 1. The Morgan fingerprint density at radius 2 is 1.79 bits per heavy atom. The van der Waals surface area contributed by atoms with Gasteiger partial charge >= 0.3 is 0 Å². The van der Waals surface area contributed by atoms with Crippen LogP contribution in [0.15, 0.2) is 48.5 Å². The Labute approximate surface area is 173 Å². The lowest BCUT2D eigenvalue weighted by molar-refractivity contribution is -0.142. The van der Waals surface area contributed by atoms with Crippen LogP contribution in [0.4, 0.5) is 0 Å². The number of para-hydroxylation sites is 1. The van der Waals surface area contributed by atoms with Gasteiger partial charge in [-0.1, -0.05) is 56.3 Å². The summed E-state index contributed by atoms with van der Waals surface area (Å²) in [6.45, 7) is 7.31. The average molecular weight is 395 g/mol. The lowest BCUT2D eigenvalue weighted by Gasteiger charge is -2.36. The van der Waals surface area contributed by atoms with E-state index in [0.717, 1.165) is 22.4 Å². The number of hydrogen-bond donors (Lipinski definition) is 1. The summed E-state index contributed by atoms with van der Waals surface area (Å²) in [5, 5.41) is 2.95. The minimum Gasteiger partial charge on any atom is -0.491 e. The lowest BCUT2D eigenvalue weighted by atomic mass is 9.92. The number of benzene rings is 2. The molecule has 1 N–H and O–H groups in total. The van der Waals surface area contributed by atoms with Crippen molar-refractivity contribution in [3.05, 3.63) is 65.2 Å². The van der Waals surface area contributed by atoms with Gasteiger partial charge in [0.15, 0.2) is 0 Å². The molecule has 2 amide bonds. The van der Waals surface area contributed by atoms with E-state index in [-0.39, 0.29) is 17.7 Å². The average Bonchev–Trinajstić information content (AvgIpc) is 2.70. The highest BCUT2D eigenvalue weighted by Crippen LogP contribution is 2.25. The van der Waals surface area contributed by atoms with E-state index in [4.69, 9.17) is 4.74 Å². The summed E-state index contributed by atoms with van der Waals surface area (Å²) in [6, 6.07) is 15.4. The van der Waals surface area contributed by atoms with Gasteiger partial charge in [0.2, 0.25) is 11.8 Å². The molecule has 0 fully saturated rings. The lowest BCUT2D eigenvalue weighted by Crippen LogP contribution is -2.53. The molecule has 0 spiro atoms. The fourth-order valence-corrected chi connectivity index (χ4v) is 3.66. The second kappa shape index (κ2) is 9.59. The third-order valence-corrected chi connectivity index (χ3v) is 5.21. The predicted octanol–water partition coefficient (Wildman–Crippen LogP) is 3.49. The smallest absolute Gasteiger partial charge is 0.243 e. The van der Waals surface area contributed by atoms with E-state index in [1.165, 1.54) is 0 Å². The third-order valence-electron chi connectivity index (χ3n) is 5.21. The van der Waals surface area contributed by atoms with Gasteiger partial charge in [0.1, 0.15) is 18.4 Å². The van der Waals surface area contributed by atoms with Crippen LogP contribution in [0.3, 0.4) is 0 Å². The van der Waals surface area contributed by atoms with E-state index in [0.29, 0.717) is 32.5 Å². The van der Waals surface area contributed by atoms with Gasteiger partial charge in [0.25, 0.3) is 0 Å². The van der Waals surface area contributed by atoms with Gasteiger partial charge in [-0.15, -0.1) is 0 Å². The fourth-order valence-electron chi connectivity index (χ4n) is 3.66. The molecule has 2 aromatic rings. The monoisotopic (exact) mass is 394 g/mol. The molecule has 3 rings (SSSR count). The van der Waals surface area contributed by atoms with E-state index in [1.807, 2.05) is 69.3 Å². The largest absolute Gasteiger partial charge is 0.491 e. The molecular formula is C24H30N2O3. The van der Waals surface area contributed by atoms with Crippen molar-refractivity contribution in [2.24, 2.45) is 5.92 Å². The topological polar surface area (TPSA) is 58.6 Å². The van der Waals surface area contributed by atoms with Crippen LogP contribution in [0, 0.1) is 12.8 Å². The van der Waals surface area contributed by atoms with E-state index in [9.17, 15) is 9.59 Å². The number of rotatable bonds is 7. The van der Waals surface area contributed by atoms with Gasteiger partial charge < -0.3 is 15.0 Å². The molecule has 5 nitrogen and oxygen atoms in total. The molecule has 0 radical (unpaired) electrons. The summed E-state index contributed by atoms with van der Waals surface area (Å²) in [6.07, 6.45) is 0.993. The number of carbonyl (C=O) groups excluding carboxylic acids is 2. The highest BCUT2D eigenvalue weighted by molar-refractivity contribution is 5.88. The molecule has 0 aliphatic carbocycles. The number of nitrogens with one attached hydrogen (secondary N) is 1. The van der Waals surface area contributed by atoms with Crippen LogP contribution in [0.5, 0.6) is 5.75 Å². The molecule has 1 atom stereocenters. The Hall–Kier alpha value is -2.82. The van der Waals surface area contributed by atoms with E-state index >= 15 is 0 Å². The molecule has 0 saturated carbocycles. The Kier molecular flexibility index (Phi) is 6.91. The first-order chi connectivity index (χ1) is 14.0. The number of amides is 2. The summed E-state index contributed by atoms with van der Waals surface area (Å²) in [7, 11) is 0. The molecule has 2 aromatic carbocycles. The van der Waals surface area contributed by atoms with Crippen molar-refractivity contribution in [3.8, 4) is 5.75 Å². The minimum absolute atomic E-state index is 0.0332. The molecule has 29 heavy (non-hydrogen) atoms. The first-order valence-corrected chi connectivity index (χ1v) is 10.3. The van der Waals surface area contributed by atoms with Crippen LogP contribution in [0.1, 0.15) is 37.0 Å². The summed E-state index contributed by atoms with van der Waals surface area (Å²) >= 11 is 0. The molecule has 154 valence electrons. The minimum atomic E-state index is -0.477. The van der Waals surface area contributed by atoms with Gasteiger partial charge in [0, 0.05) is 19.4 Å². The molecule has 1 heterocycles. The molecule has 0 saturated heterocycles. The molecule has 0 bridgehead atoms. The SMILES string of the molecule is Cc1ccccc1OCCNC(=O)C1Cc2ccccc2CN1C(=O)CC(C)C. The molecule has 1 unspecified atom stereocenters. The third kappa shape index (κ3) is 5.37. The van der Waals surface area contributed by atoms with Crippen LogP contribution in [0.25, 0.3) is 0 Å². The van der Waals surface area contributed by atoms with E-state index in [2.05, 4.69) is 5.32 Å².